The first kappa shape index (κ1) is 12.0. The minimum atomic E-state index is -0.406. The van der Waals surface area contributed by atoms with Crippen molar-refractivity contribution in [1.29, 1.82) is 0 Å². The van der Waals surface area contributed by atoms with E-state index in [0.717, 1.165) is 31.7 Å². The maximum Gasteiger partial charge on any atom is 0.0516 e. The van der Waals surface area contributed by atoms with Gasteiger partial charge in [0.25, 0.3) is 0 Å². The first-order chi connectivity index (χ1) is 7.32. The molecule has 86 valence electrons. The van der Waals surface area contributed by atoms with Crippen LogP contribution >= 0.6 is 27.5 Å². The van der Waals surface area contributed by atoms with Gasteiger partial charge in [0.1, 0.15) is 0 Å². The Morgan fingerprint density at radius 3 is 2.56 bits per heavy atom. The first-order valence-corrected chi connectivity index (χ1v) is 6.25. The largest absolute Gasteiger partial charge is 0.356 e. The lowest BCUT2D eigenvalue weighted by molar-refractivity contribution is 0.537. The second-order valence-electron chi connectivity index (χ2n) is 4.63. The molecule has 0 bridgehead atoms. The molecule has 0 amide bonds. The fourth-order valence-electron chi connectivity index (χ4n) is 1.79. The minimum absolute atomic E-state index is 0.406. The molecule has 0 aliphatic heterocycles. The van der Waals surface area contributed by atoms with E-state index in [1.54, 1.807) is 0 Å². The molecule has 16 heavy (non-hydrogen) atoms. The van der Waals surface area contributed by atoms with Gasteiger partial charge in [-0.05, 0) is 48.3 Å². The first-order valence-electron chi connectivity index (χ1n) is 5.08. The molecule has 3 N–H and O–H groups in total. The quantitative estimate of drug-likeness (QED) is 0.818. The number of hydrogen-bond donors (Lipinski definition) is 2. The molecule has 0 saturated carbocycles. The van der Waals surface area contributed by atoms with E-state index in [-0.39, 0.29) is 0 Å². The van der Waals surface area contributed by atoms with Crippen LogP contribution in [0, 0.1) is 6.92 Å². The summed E-state index contributed by atoms with van der Waals surface area (Å²) in [5.41, 5.74) is 8.80. The highest BCUT2D eigenvalue weighted by atomic mass is 79.9. The molecule has 0 saturated heterocycles. The zero-order chi connectivity index (χ0) is 12.1. The second-order valence-corrected chi connectivity index (χ2v) is 5.83. The summed E-state index contributed by atoms with van der Waals surface area (Å²) in [4.78, 5) is 3.36. The van der Waals surface area contributed by atoms with Crippen LogP contribution in [0.4, 0.5) is 0 Å². The third-order valence-electron chi connectivity index (χ3n) is 2.75. The van der Waals surface area contributed by atoms with Crippen molar-refractivity contribution in [2.75, 3.05) is 0 Å². The van der Waals surface area contributed by atoms with E-state index in [2.05, 4.69) is 20.9 Å². The summed E-state index contributed by atoms with van der Waals surface area (Å²) in [5.74, 6) is 0. The van der Waals surface area contributed by atoms with Crippen LogP contribution in [-0.4, -0.2) is 4.98 Å². The summed E-state index contributed by atoms with van der Waals surface area (Å²) < 4.78 is 1.02. The average molecular weight is 302 g/mol. The van der Waals surface area contributed by atoms with Crippen molar-refractivity contribution >= 4 is 38.4 Å². The zero-order valence-electron chi connectivity index (χ0n) is 9.49. The van der Waals surface area contributed by atoms with Crippen molar-refractivity contribution in [2.45, 2.75) is 26.3 Å². The molecule has 0 spiro atoms. The number of aryl methyl sites for hydroxylation is 1. The van der Waals surface area contributed by atoms with E-state index in [1.807, 2.05) is 32.9 Å². The molecule has 0 fully saturated rings. The SMILES string of the molecule is Cc1c(Cl)ccc2c(Br)c(C(C)(C)N)[nH]c12. The molecule has 1 aromatic carbocycles. The normalized spacial score (nSPS) is 12.4. The van der Waals surface area contributed by atoms with Gasteiger partial charge < -0.3 is 10.7 Å². The Morgan fingerprint density at radius 1 is 1.38 bits per heavy atom. The highest BCUT2D eigenvalue weighted by molar-refractivity contribution is 9.10. The fourth-order valence-corrected chi connectivity index (χ4v) is 2.89. The van der Waals surface area contributed by atoms with Crippen LogP contribution in [0.5, 0.6) is 0 Å². The molecular weight excluding hydrogens is 288 g/mol. The number of nitrogens with two attached hydrogens (primary N) is 1. The number of rotatable bonds is 1. The molecule has 1 aromatic heterocycles. The second kappa shape index (κ2) is 3.76. The summed E-state index contributed by atoms with van der Waals surface area (Å²) in [6.45, 7) is 5.94. The number of aromatic nitrogens is 1. The Balaban J connectivity index is 2.83. The molecular formula is C12H14BrClN2. The van der Waals surface area contributed by atoms with Crippen molar-refractivity contribution in [3.8, 4) is 0 Å². The maximum absolute atomic E-state index is 6.12. The lowest BCUT2D eigenvalue weighted by Crippen LogP contribution is -2.29. The van der Waals surface area contributed by atoms with E-state index in [9.17, 15) is 0 Å². The number of aromatic amines is 1. The van der Waals surface area contributed by atoms with Gasteiger partial charge >= 0.3 is 0 Å². The van der Waals surface area contributed by atoms with Gasteiger partial charge in [0.15, 0.2) is 0 Å². The number of nitrogens with one attached hydrogen (secondary N) is 1. The number of fused-ring (bicyclic) bond motifs is 1. The smallest absolute Gasteiger partial charge is 0.0516 e. The molecule has 4 heteroatoms. The lowest BCUT2D eigenvalue weighted by Gasteiger charge is -2.17. The van der Waals surface area contributed by atoms with E-state index in [0.29, 0.717) is 0 Å². The monoisotopic (exact) mass is 300 g/mol. The predicted octanol–water partition coefficient (Wildman–Crippen LogP) is 4.09. The molecule has 2 aromatic rings. The minimum Gasteiger partial charge on any atom is -0.356 e. The zero-order valence-corrected chi connectivity index (χ0v) is 11.8. The fraction of sp³-hybridized carbons (Fsp3) is 0.333. The summed E-state index contributed by atoms with van der Waals surface area (Å²) >= 11 is 9.69. The number of hydrogen-bond acceptors (Lipinski definition) is 1. The predicted molar refractivity (Wildman–Crippen MR) is 73.0 cm³/mol. The Bertz CT molecular complexity index is 552. The van der Waals surface area contributed by atoms with Gasteiger partial charge in [0, 0.05) is 20.6 Å². The maximum atomic E-state index is 6.12. The van der Waals surface area contributed by atoms with Crippen molar-refractivity contribution in [3.63, 3.8) is 0 Å². The van der Waals surface area contributed by atoms with Gasteiger partial charge in [-0.1, -0.05) is 17.7 Å². The van der Waals surface area contributed by atoms with Gasteiger partial charge in [0.05, 0.1) is 11.1 Å². The van der Waals surface area contributed by atoms with Crippen molar-refractivity contribution in [1.82, 2.24) is 4.98 Å². The van der Waals surface area contributed by atoms with Gasteiger partial charge in [-0.25, -0.2) is 0 Å². The number of H-pyrrole nitrogens is 1. The third-order valence-corrected chi connectivity index (χ3v) is 3.98. The Labute approximate surface area is 108 Å². The number of benzene rings is 1. The van der Waals surface area contributed by atoms with Gasteiger partial charge in [-0.3, -0.25) is 0 Å². The molecule has 0 atom stereocenters. The van der Waals surface area contributed by atoms with Crippen LogP contribution in [0.25, 0.3) is 10.9 Å². The standard InChI is InChI=1S/C12H14BrClN2/c1-6-8(14)5-4-7-9(13)11(12(2,3)15)16-10(6)7/h4-5,16H,15H2,1-3H3. The summed E-state index contributed by atoms with van der Waals surface area (Å²) in [6, 6.07) is 3.91. The van der Waals surface area contributed by atoms with Crippen molar-refractivity contribution in [2.24, 2.45) is 5.73 Å². The molecule has 2 nitrogen and oxygen atoms in total. The lowest BCUT2D eigenvalue weighted by atomic mass is 10.0. The molecule has 0 unspecified atom stereocenters. The number of halogens is 2. The Kier molecular flexibility index (Phi) is 2.81. The summed E-state index contributed by atoms with van der Waals surface area (Å²) in [5, 5.41) is 1.89. The molecule has 0 aliphatic carbocycles. The van der Waals surface area contributed by atoms with Gasteiger partial charge in [-0.15, -0.1) is 0 Å². The third kappa shape index (κ3) is 1.77. The van der Waals surface area contributed by atoms with Gasteiger partial charge in [-0.2, -0.15) is 0 Å². The highest BCUT2D eigenvalue weighted by Gasteiger charge is 2.22. The van der Waals surface area contributed by atoms with Crippen LogP contribution in [0.15, 0.2) is 16.6 Å². The van der Waals surface area contributed by atoms with E-state index < -0.39 is 5.54 Å². The van der Waals surface area contributed by atoms with Crippen LogP contribution < -0.4 is 5.73 Å². The molecule has 1 heterocycles. The Morgan fingerprint density at radius 2 is 2.00 bits per heavy atom. The summed E-state index contributed by atoms with van der Waals surface area (Å²) in [6.07, 6.45) is 0. The van der Waals surface area contributed by atoms with E-state index in [4.69, 9.17) is 17.3 Å². The van der Waals surface area contributed by atoms with Crippen LogP contribution in [0.2, 0.25) is 5.02 Å². The summed E-state index contributed by atoms with van der Waals surface area (Å²) in [7, 11) is 0. The van der Waals surface area contributed by atoms with Crippen molar-refractivity contribution < 1.29 is 0 Å². The van der Waals surface area contributed by atoms with Crippen LogP contribution in [-0.2, 0) is 5.54 Å². The molecule has 0 radical (unpaired) electrons. The topological polar surface area (TPSA) is 41.8 Å². The average Bonchev–Trinajstić information content (AvgIpc) is 2.50. The molecule has 2 rings (SSSR count). The highest BCUT2D eigenvalue weighted by Crippen LogP contribution is 2.36. The van der Waals surface area contributed by atoms with Crippen molar-refractivity contribution in [3.05, 3.63) is 32.9 Å². The van der Waals surface area contributed by atoms with Gasteiger partial charge in [0.2, 0.25) is 0 Å². The van der Waals surface area contributed by atoms with E-state index >= 15 is 0 Å². The molecule has 0 aliphatic rings. The van der Waals surface area contributed by atoms with Crippen LogP contribution in [0.3, 0.4) is 0 Å². The van der Waals surface area contributed by atoms with Crippen LogP contribution in [0.1, 0.15) is 25.1 Å². The Hall–Kier alpha value is -0.510. The van der Waals surface area contributed by atoms with E-state index in [1.165, 1.54) is 0 Å².